The van der Waals surface area contributed by atoms with E-state index in [9.17, 15) is 9.59 Å². The summed E-state index contributed by atoms with van der Waals surface area (Å²) in [4.78, 5) is 35.1. The Balaban J connectivity index is 2.13. The van der Waals surface area contributed by atoms with Crippen LogP contribution < -0.4 is 4.90 Å². The molecule has 12 heteroatoms. The maximum atomic E-state index is 15.1. The predicted octanol–water partition coefficient (Wildman–Crippen LogP) is 5.44. The molecule has 0 aliphatic carbocycles. The van der Waals surface area contributed by atoms with E-state index in [4.69, 9.17) is 25.8 Å². The van der Waals surface area contributed by atoms with Crippen molar-refractivity contribution in [3.8, 4) is 0 Å². The van der Waals surface area contributed by atoms with Crippen LogP contribution in [0.5, 0.6) is 0 Å². The number of hydrogen-bond donors (Lipinski definition) is 0. The summed E-state index contributed by atoms with van der Waals surface area (Å²) in [5.41, 5.74) is -1.73. The molecule has 1 aliphatic rings. The Hall–Kier alpha value is -2.53. The van der Waals surface area contributed by atoms with Crippen LogP contribution in [0, 0.1) is 5.92 Å². The average molecular weight is 500 g/mol. The van der Waals surface area contributed by atoms with Gasteiger partial charge in [-0.2, -0.15) is 20.0 Å². The number of ether oxygens (including phenoxy) is 3. The van der Waals surface area contributed by atoms with Crippen molar-refractivity contribution in [1.82, 2.24) is 19.7 Å². The van der Waals surface area contributed by atoms with Gasteiger partial charge in [-0.15, -0.1) is 0 Å². The molecule has 0 aromatic carbocycles. The van der Waals surface area contributed by atoms with E-state index in [1.54, 1.807) is 48.5 Å². The van der Waals surface area contributed by atoms with Gasteiger partial charge in [-0.3, -0.25) is 0 Å². The molecule has 0 saturated carbocycles. The van der Waals surface area contributed by atoms with Crippen LogP contribution in [0.15, 0.2) is 6.20 Å². The summed E-state index contributed by atoms with van der Waals surface area (Å²) >= 11 is 6.17. The van der Waals surface area contributed by atoms with E-state index in [1.165, 1.54) is 10.9 Å². The Bertz CT molecular complexity index is 1050. The number of fused-ring (bicyclic) bond motifs is 1. The van der Waals surface area contributed by atoms with Gasteiger partial charge >= 0.3 is 12.2 Å². The van der Waals surface area contributed by atoms with Crippen LogP contribution in [-0.2, 0) is 14.2 Å². The maximum absolute atomic E-state index is 15.1. The lowest BCUT2D eigenvalue weighted by molar-refractivity contribution is -0.0256. The highest BCUT2D eigenvalue weighted by Crippen LogP contribution is 2.39. The molecular formula is C22H31ClFN5O5. The highest BCUT2D eigenvalue weighted by molar-refractivity contribution is 6.29. The number of imide groups is 1. The van der Waals surface area contributed by atoms with Gasteiger partial charge in [0.15, 0.2) is 23.9 Å². The summed E-state index contributed by atoms with van der Waals surface area (Å²) in [5, 5.41) is 4.13. The summed E-state index contributed by atoms with van der Waals surface area (Å²) < 4.78 is 33.0. The minimum Gasteiger partial charge on any atom is -0.443 e. The number of aromatic nitrogens is 4. The SMILES string of the molecule is CC[C@H]1O[C@@H](n2ncc3c(N(C(=O)OC(C)(C)C)C(=O)OC(C)(C)C)nc(Cl)nc32)[C@@H](F)[C@@H]1C. The summed E-state index contributed by atoms with van der Waals surface area (Å²) in [6.07, 6.45) is -2.79. The van der Waals surface area contributed by atoms with Crippen molar-refractivity contribution < 1.29 is 28.2 Å². The molecule has 0 bridgehead atoms. The van der Waals surface area contributed by atoms with Gasteiger partial charge in [0.1, 0.15) is 11.2 Å². The fraction of sp³-hybridized carbons (Fsp3) is 0.682. The first-order chi connectivity index (χ1) is 15.6. The lowest BCUT2D eigenvalue weighted by atomic mass is 10.00. The molecule has 1 saturated heterocycles. The molecular weight excluding hydrogens is 469 g/mol. The van der Waals surface area contributed by atoms with Gasteiger partial charge in [-0.05, 0) is 59.6 Å². The molecule has 10 nitrogen and oxygen atoms in total. The minimum atomic E-state index is -1.35. The van der Waals surface area contributed by atoms with Crippen molar-refractivity contribution in [2.75, 3.05) is 4.90 Å². The molecule has 2 amide bonds. The maximum Gasteiger partial charge on any atom is 0.425 e. The van der Waals surface area contributed by atoms with E-state index in [0.717, 1.165) is 0 Å². The molecule has 0 radical (unpaired) electrons. The molecule has 0 spiro atoms. The Kier molecular flexibility index (Phi) is 7.10. The van der Waals surface area contributed by atoms with Crippen LogP contribution in [-0.4, -0.2) is 55.4 Å². The molecule has 2 aromatic rings. The van der Waals surface area contributed by atoms with Crippen molar-refractivity contribution in [2.45, 2.75) is 91.5 Å². The molecule has 3 rings (SSSR count). The number of alkyl halides is 1. The van der Waals surface area contributed by atoms with Gasteiger partial charge in [-0.25, -0.2) is 18.7 Å². The second-order valence-electron chi connectivity index (χ2n) is 10.2. The Labute approximate surface area is 202 Å². The van der Waals surface area contributed by atoms with Crippen LogP contribution in [0.1, 0.15) is 68.0 Å². The van der Waals surface area contributed by atoms with E-state index < -0.39 is 35.8 Å². The topological polar surface area (TPSA) is 109 Å². The monoisotopic (exact) mass is 499 g/mol. The van der Waals surface area contributed by atoms with Crippen molar-refractivity contribution in [2.24, 2.45) is 5.92 Å². The first kappa shape index (κ1) is 26.1. The van der Waals surface area contributed by atoms with Gasteiger partial charge in [0.05, 0.1) is 17.7 Å². The predicted molar refractivity (Wildman–Crippen MR) is 124 cm³/mol. The van der Waals surface area contributed by atoms with Gasteiger partial charge in [0, 0.05) is 5.92 Å². The lowest BCUT2D eigenvalue weighted by Crippen LogP contribution is -2.44. The van der Waals surface area contributed by atoms with Crippen molar-refractivity contribution in [3.63, 3.8) is 0 Å². The second kappa shape index (κ2) is 9.26. The first-order valence-corrected chi connectivity index (χ1v) is 11.5. The number of rotatable bonds is 3. The highest BCUT2D eigenvalue weighted by atomic mass is 35.5. The molecule has 3 heterocycles. The summed E-state index contributed by atoms with van der Waals surface area (Å²) in [7, 11) is 0. The number of anilines is 1. The van der Waals surface area contributed by atoms with E-state index in [2.05, 4.69) is 15.1 Å². The molecule has 0 unspecified atom stereocenters. The van der Waals surface area contributed by atoms with Crippen molar-refractivity contribution >= 4 is 40.6 Å². The van der Waals surface area contributed by atoms with E-state index in [-0.39, 0.29) is 34.2 Å². The fourth-order valence-electron chi connectivity index (χ4n) is 3.61. The van der Waals surface area contributed by atoms with Crippen molar-refractivity contribution in [1.29, 1.82) is 0 Å². The third kappa shape index (κ3) is 5.41. The zero-order valence-electron chi connectivity index (χ0n) is 20.6. The standard InChI is InChI=1S/C22H31ClFN5O5/c1-9-13-11(2)14(24)17(32-13)29-16-12(10-25-29)15(26-18(23)27-16)28(19(30)33-21(3,4)5)20(31)34-22(6,7)8/h10-11,13-14,17H,9H2,1-8H3/t11-,13-,14+,17-/m1/s1. The van der Waals surface area contributed by atoms with Gasteiger partial charge in [-0.1, -0.05) is 13.8 Å². The van der Waals surface area contributed by atoms with Crippen LogP contribution in [0.2, 0.25) is 5.28 Å². The normalized spacial score (nSPS) is 23.2. The largest absolute Gasteiger partial charge is 0.443 e. The quantitative estimate of drug-likeness (QED) is 0.513. The zero-order chi connectivity index (χ0) is 25.6. The van der Waals surface area contributed by atoms with Gasteiger partial charge in [0.2, 0.25) is 5.28 Å². The number of carbonyl (C=O) groups excluding carboxylic acids is 2. The molecule has 34 heavy (non-hydrogen) atoms. The minimum absolute atomic E-state index is 0.101. The summed E-state index contributed by atoms with van der Waals surface area (Å²) in [6, 6.07) is 0. The van der Waals surface area contributed by atoms with Gasteiger partial charge in [0.25, 0.3) is 0 Å². The Morgan fingerprint density at radius 1 is 1.15 bits per heavy atom. The van der Waals surface area contributed by atoms with Crippen LogP contribution in [0.25, 0.3) is 11.0 Å². The number of halogens is 2. The number of hydrogen-bond acceptors (Lipinski definition) is 8. The number of amides is 2. The molecule has 4 atom stereocenters. The second-order valence-corrected chi connectivity index (χ2v) is 10.6. The van der Waals surface area contributed by atoms with Gasteiger partial charge < -0.3 is 14.2 Å². The number of carbonyl (C=O) groups is 2. The van der Waals surface area contributed by atoms with Crippen LogP contribution in [0.4, 0.5) is 19.8 Å². The molecule has 188 valence electrons. The Morgan fingerprint density at radius 3 is 2.18 bits per heavy atom. The van der Waals surface area contributed by atoms with E-state index in [1.807, 2.05) is 6.92 Å². The smallest absolute Gasteiger partial charge is 0.425 e. The third-order valence-electron chi connectivity index (χ3n) is 5.09. The Morgan fingerprint density at radius 2 is 1.71 bits per heavy atom. The van der Waals surface area contributed by atoms with Crippen molar-refractivity contribution in [3.05, 3.63) is 11.5 Å². The summed E-state index contributed by atoms with van der Waals surface area (Å²) in [6.45, 7) is 13.6. The molecule has 2 aromatic heterocycles. The molecule has 0 N–H and O–H groups in total. The molecule has 1 fully saturated rings. The van der Waals surface area contributed by atoms with Crippen LogP contribution in [0.3, 0.4) is 0 Å². The van der Waals surface area contributed by atoms with Crippen LogP contribution >= 0.6 is 11.6 Å². The average Bonchev–Trinajstić information content (AvgIpc) is 3.20. The third-order valence-corrected chi connectivity index (χ3v) is 5.26. The zero-order valence-corrected chi connectivity index (χ0v) is 21.4. The lowest BCUT2D eigenvalue weighted by Gasteiger charge is -2.28. The number of nitrogens with zero attached hydrogens (tertiary/aromatic N) is 5. The fourth-order valence-corrected chi connectivity index (χ4v) is 3.77. The first-order valence-electron chi connectivity index (χ1n) is 11.1. The molecule has 1 aliphatic heterocycles. The van der Waals surface area contributed by atoms with E-state index in [0.29, 0.717) is 11.3 Å². The summed E-state index contributed by atoms with van der Waals surface area (Å²) in [5.74, 6) is -0.552. The van der Waals surface area contributed by atoms with E-state index >= 15 is 4.39 Å². The highest BCUT2D eigenvalue weighted by Gasteiger charge is 2.44.